The Kier molecular flexibility index (Phi) is 4.26. The van der Waals surface area contributed by atoms with E-state index in [0.29, 0.717) is 22.9 Å². The number of thiazole rings is 1. The van der Waals surface area contributed by atoms with Gasteiger partial charge < -0.3 is 15.2 Å². The molecule has 6 atom stereocenters. The fourth-order valence-corrected chi connectivity index (χ4v) is 5.55. The minimum absolute atomic E-state index is 0.0427. The molecule has 1 aliphatic heterocycles. The van der Waals surface area contributed by atoms with Gasteiger partial charge in [0, 0.05) is 19.1 Å². The Labute approximate surface area is 146 Å². The van der Waals surface area contributed by atoms with Crippen molar-refractivity contribution in [1.82, 2.24) is 10.3 Å². The van der Waals surface area contributed by atoms with Crippen LogP contribution in [0.1, 0.15) is 49.8 Å². The molecule has 1 unspecified atom stereocenters. The minimum Gasteiger partial charge on any atom is -0.396 e. The van der Waals surface area contributed by atoms with Gasteiger partial charge >= 0.3 is 6.03 Å². The standard InChI is InChI=1S/C17H25N3O3S/c1-8-3-14-15(9(2)23-8)24-17(19-14)20-16(22)18-13-6-11-4-10(7-21)5-12(11)13/h8-13,21H,3-7H2,1-2H3,(H2,18,19,20,22)/t8-,9+,10?,11+,12+,13-/m1/s1. The highest BCUT2D eigenvalue weighted by Crippen LogP contribution is 2.49. The topological polar surface area (TPSA) is 83.5 Å². The first-order valence-corrected chi connectivity index (χ1v) is 9.68. The molecule has 0 spiro atoms. The number of amides is 2. The van der Waals surface area contributed by atoms with Crippen molar-refractivity contribution in [2.45, 2.75) is 57.8 Å². The fraction of sp³-hybridized carbons (Fsp3) is 0.765. The zero-order valence-electron chi connectivity index (χ0n) is 14.1. The third kappa shape index (κ3) is 2.93. The van der Waals surface area contributed by atoms with Crippen LogP contribution in [0.3, 0.4) is 0 Å². The number of ether oxygens (including phenoxy) is 1. The first kappa shape index (κ1) is 16.3. The predicted molar refractivity (Wildman–Crippen MR) is 92.1 cm³/mol. The highest BCUT2D eigenvalue weighted by atomic mass is 32.1. The van der Waals surface area contributed by atoms with Crippen molar-refractivity contribution in [3.8, 4) is 0 Å². The van der Waals surface area contributed by atoms with E-state index in [0.717, 1.165) is 36.3 Å². The number of aromatic nitrogens is 1. The van der Waals surface area contributed by atoms with Crippen LogP contribution in [0.5, 0.6) is 0 Å². The maximum Gasteiger partial charge on any atom is 0.321 e. The smallest absolute Gasteiger partial charge is 0.321 e. The van der Waals surface area contributed by atoms with Crippen LogP contribution in [0.4, 0.5) is 9.93 Å². The van der Waals surface area contributed by atoms with E-state index >= 15 is 0 Å². The average molecular weight is 351 g/mol. The van der Waals surface area contributed by atoms with Crippen LogP contribution >= 0.6 is 11.3 Å². The Hall–Kier alpha value is -1.18. The van der Waals surface area contributed by atoms with Gasteiger partial charge in [-0.1, -0.05) is 11.3 Å². The number of anilines is 1. The molecule has 3 aliphatic rings. The molecular weight excluding hydrogens is 326 g/mol. The number of aliphatic hydroxyl groups excluding tert-OH is 1. The Balaban J connectivity index is 1.34. The molecule has 0 radical (unpaired) electrons. The molecule has 24 heavy (non-hydrogen) atoms. The number of rotatable bonds is 3. The van der Waals surface area contributed by atoms with Gasteiger partial charge in [-0.3, -0.25) is 5.32 Å². The summed E-state index contributed by atoms with van der Waals surface area (Å²) in [4.78, 5) is 18.0. The summed E-state index contributed by atoms with van der Waals surface area (Å²) in [6, 6.07) is 0.0713. The fourth-order valence-electron chi connectivity index (χ4n) is 4.57. The predicted octanol–water partition coefficient (Wildman–Crippen LogP) is 2.69. The van der Waals surface area contributed by atoms with E-state index in [1.54, 1.807) is 0 Å². The average Bonchev–Trinajstić information content (AvgIpc) is 3.05. The second-order valence-electron chi connectivity index (χ2n) is 7.51. The largest absolute Gasteiger partial charge is 0.396 e. The summed E-state index contributed by atoms with van der Waals surface area (Å²) >= 11 is 1.51. The monoisotopic (exact) mass is 351 g/mol. The van der Waals surface area contributed by atoms with E-state index in [1.807, 2.05) is 13.8 Å². The highest BCUT2D eigenvalue weighted by Gasteiger charge is 2.47. The van der Waals surface area contributed by atoms with E-state index in [4.69, 9.17) is 4.74 Å². The minimum atomic E-state index is -0.168. The van der Waals surface area contributed by atoms with Crippen molar-refractivity contribution in [2.75, 3.05) is 11.9 Å². The summed E-state index contributed by atoms with van der Waals surface area (Å²) in [6.45, 7) is 4.35. The SMILES string of the molecule is C[C@@H]1Cc2nc(NC(=O)N[C@@H]3C[C@@H]4CC(CO)C[C@@H]43)sc2[C@H](C)O1. The number of hydrogen-bond donors (Lipinski definition) is 3. The molecule has 2 heterocycles. The maximum absolute atomic E-state index is 12.3. The van der Waals surface area contributed by atoms with E-state index in [1.165, 1.54) is 11.3 Å². The van der Waals surface area contributed by atoms with Crippen LogP contribution in [0.25, 0.3) is 0 Å². The van der Waals surface area contributed by atoms with Crippen molar-refractivity contribution in [3.05, 3.63) is 10.6 Å². The van der Waals surface area contributed by atoms with Gasteiger partial charge in [-0.15, -0.1) is 0 Å². The van der Waals surface area contributed by atoms with E-state index in [9.17, 15) is 9.90 Å². The molecule has 7 heteroatoms. The molecule has 2 amide bonds. The van der Waals surface area contributed by atoms with E-state index in [-0.39, 0.29) is 30.9 Å². The summed E-state index contributed by atoms with van der Waals surface area (Å²) in [5.74, 6) is 1.63. The third-order valence-electron chi connectivity index (χ3n) is 5.73. The number of urea groups is 1. The molecule has 0 aromatic carbocycles. The van der Waals surface area contributed by atoms with E-state index < -0.39 is 0 Å². The Morgan fingerprint density at radius 3 is 3.00 bits per heavy atom. The highest BCUT2D eigenvalue weighted by molar-refractivity contribution is 7.16. The summed E-state index contributed by atoms with van der Waals surface area (Å²) in [7, 11) is 0. The molecule has 1 aromatic heterocycles. The van der Waals surface area contributed by atoms with Gasteiger partial charge in [-0.2, -0.15) is 0 Å². The van der Waals surface area contributed by atoms with E-state index in [2.05, 4.69) is 15.6 Å². The number of nitrogens with zero attached hydrogens (tertiary/aromatic N) is 1. The second-order valence-corrected chi connectivity index (χ2v) is 8.54. The van der Waals surface area contributed by atoms with Crippen molar-refractivity contribution in [2.24, 2.45) is 17.8 Å². The molecule has 132 valence electrons. The van der Waals surface area contributed by atoms with Crippen LogP contribution in [0, 0.1) is 17.8 Å². The molecule has 2 fully saturated rings. The molecular formula is C17H25N3O3S. The summed E-state index contributed by atoms with van der Waals surface area (Å²) in [5, 5.41) is 15.9. The lowest BCUT2D eigenvalue weighted by Gasteiger charge is -2.40. The van der Waals surface area contributed by atoms with Crippen LogP contribution < -0.4 is 10.6 Å². The Morgan fingerprint density at radius 2 is 2.21 bits per heavy atom. The first-order valence-electron chi connectivity index (χ1n) is 8.87. The number of carbonyl (C=O) groups excluding carboxylic acids is 1. The van der Waals surface area contributed by atoms with Crippen molar-refractivity contribution in [1.29, 1.82) is 0 Å². The van der Waals surface area contributed by atoms with Gasteiger partial charge in [0.05, 0.1) is 22.8 Å². The summed E-state index contributed by atoms with van der Waals surface area (Å²) in [5.41, 5.74) is 1.05. The van der Waals surface area contributed by atoms with Gasteiger partial charge in [-0.25, -0.2) is 9.78 Å². The molecule has 0 saturated heterocycles. The first-order chi connectivity index (χ1) is 11.5. The molecule has 2 aliphatic carbocycles. The quantitative estimate of drug-likeness (QED) is 0.782. The molecule has 1 aromatic rings. The lowest BCUT2D eigenvalue weighted by Crippen LogP contribution is -2.51. The van der Waals surface area contributed by atoms with Gasteiger partial charge in [0.1, 0.15) is 0 Å². The maximum atomic E-state index is 12.3. The third-order valence-corrected chi connectivity index (χ3v) is 6.90. The van der Waals surface area contributed by atoms with Crippen molar-refractivity contribution < 1.29 is 14.6 Å². The zero-order chi connectivity index (χ0) is 16.8. The normalized spacial score (nSPS) is 37.3. The lowest BCUT2D eigenvalue weighted by molar-refractivity contribution is -0.00316. The lowest BCUT2D eigenvalue weighted by atomic mass is 9.71. The number of nitrogens with one attached hydrogen (secondary N) is 2. The van der Waals surface area contributed by atoms with Crippen LogP contribution in [-0.2, 0) is 11.2 Å². The molecule has 6 nitrogen and oxygen atoms in total. The van der Waals surface area contributed by atoms with Crippen molar-refractivity contribution in [3.63, 3.8) is 0 Å². The molecule has 2 saturated carbocycles. The van der Waals surface area contributed by atoms with Crippen LogP contribution in [-0.4, -0.2) is 34.9 Å². The number of hydrogen-bond acceptors (Lipinski definition) is 5. The van der Waals surface area contributed by atoms with Crippen LogP contribution in [0.2, 0.25) is 0 Å². The summed E-state index contributed by atoms with van der Waals surface area (Å²) < 4.78 is 5.81. The van der Waals surface area contributed by atoms with Crippen molar-refractivity contribution >= 4 is 22.5 Å². The molecule has 0 bridgehead atoms. The molecule has 4 rings (SSSR count). The van der Waals surface area contributed by atoms with Gasteiger partial charge in [-0.05, 0) is 50.9 Å². The number of aliphatic hydroxyl groups is 1. The van der Waals surface area contributed by atoms with Gasteiger partial charge in [0.15, 0.2) is 5.13 Å². The Bertz CT molecular complexity index is 635. The number of carbonyl (C=O) groups is 1. The van der Waals surface area contributed by atoms with Gasteiger partial charge in [0.2, 0.25) is 0 Å². The molecule has 3 N–H and O–H groups in total. The zero-order valence-corrected chi connectivity index (χ0v) is 14.9. The number of fused-ring (bicyclic) bond motifs is 2. The van der Waals surface area contributed by atoms with Gasteiger partial charge in [0.25, 0.3) is 0 Å². The summed E-state index contributed by atoms with van der Waals surface area (Å²) in [6.07, 6.45) is 4.19. The Morgan fingerprint density at radius 1 is 1.38 bits per heavy atom. The second kappa shape index (κ2) is 6.28. The van der Waals surface area contributed by atoms with Crippen LogP contribution in [0.15, 0.2) is 0 Å².